The van der Waals surface area contributed by atoms with Gasteiger partial charge in [-0.1, -0.05) is 34.1 Å². The molecule has 1 aliphatic heterocycles. The Morgan fingerprint density at radius 3 is 2.64 bits per heavy atom. The lowest BCUT2D eigenvalue weighted by Gasteiger charge is -2.21. The standard InChI is InChI=1S/C12H15BrS/c13-12-4-2-1-3-11(12)9-10-5-7-14-8-6-10/h1-4,10H,5-9H2. The number of benzene rings is 1. The second-order valence-corrected chi connectivity index (χ2v) is 5.93. The third-order valence-corrected chi connectivity index (χ3v) is 4.63. The van der Waals surface area contributed by atoms with Gasteiger partial charge in [-0.3, -0.25) is 0 Å². The highest BCUT2D eigenvalue weighted by atomic mass is 79.9. The van der Waals surface area contributed by atoms with Crippen molar-refractivity contribution >= 4 is 27.7 Å². The van der Waals surface area contributed by atoms with E-state index in [1.807, 2.05) is 0 Å². The molecular formula is C12H15BrS. The zero-order chi connectivity index (χ0) is 9.80. The molecule has 1 aromatic rings. The van der Waals surface area contributed by atoms with Crippen LogP contribution < -0.4 is 0 Å². The quantitative estimate of drug-likeness (QED) is 0.779. The summed E-state index contributed by atoms with van der Waals surface area (Å²) >= 11 is 5.72. The van der Waals surface area contributed by atoms with Crippen LogP contribution in [0.3, 0.4) is 0 Å². The molecule has 0 spiro atoms. The van der Waals surface area contributed by atoms with Crippen LogP contribution in [0.25, 0.3) is 0 Å². The van der Waals surface area contributed by atoms with Crippen LogP contribution in [0.5, 0.6) is 0 Å². The smallest absolute Gasteiger partial charge is 0.0207 e. The van der Waals surface area contributed by atoms with E-state index in [4.69, 9.17) is 0 Å². The molecule has 1 fully saturated rings. The lowest BCUT2D eigenvalue weighted by atomic mass is 9.94. The van der Waals surface area contributed by atoms with Crippen LogP contribution in [0, 0.1) is 5.92 Å². The second-order valence-electron chi connectivity index (χ2n) is 3.85. The average molecular weight is 271 g/mol. The lowest BCUT2D eigenvalue weighted by Crippen LogP contribution is -2.12. The predicted molar refractivity (Wildman–Crippen MR) is 67.9 cm³/mol. The lowest BCUT2D eigenvalue weighted by molar-refractivity contribution is 0.487. The van der Waals surface area contributed by atoms with E-state index in [9.17, 15) is 0 Å². The van der Waals surface area contributed by atoms with Gasteiger partial charge in [0.15, 0.2) is 0 Å². The van der Waals surface area contributed by atoms with Crippen molar-refractivity contribution in [3.05, 3.63) is 34.3 Å². The van der Waals surface area contributed by atoms with Gasteiger partial charge in [-0.05, 0) is 48.3 Å². The minimum Gasteiger partial charge on any atom is -0.162 e. The molecule has 76 valence electrons. The fraction of sp³-hybridized carbons (Fsp3) is 0.500. The normalized spacial score (nSPS) is 18.4. The van der Waals surface area contributed by atoms with Gasteiger partial charge in [0, 0.05) is 4.47 Å². The molecule has 0 amide bonds. The van der Waals surface area contributed by atoms with E-state index >= 15 is 0 Å². The highest BCUT2D eigenvalue weighted by Gasteiger charge is 2.14. The van der Waals surface area contributed by atoms with E-state index in [0.717, 1.165) is 5.92 Å². The second kappa shape index (κ2) is 5.22. The zero-order valence-electron chi connectivity index (χ0n) is 8.21. The molecule has 14 heavy (non-hydrogen) atoms. The number of rotatable bonds is 2. The van der Waals surface area contributed by atoms with Gasteiger partial charge < -0.3 is 0 Å². The van der Waals surface area contributed by atoms with Crippen LogP contribution in [0.15, 0.2) is 28.7 Å². The Balaban J connectivity index is 1.99. The fourth-order valence-corrected chi connectivity index (χ4v) is 3.58. The van der Waals surface area contributed by atoms with E-state index in [-0.39, 0.29) is 0 Å². The monoisotopic (exact) mass is 270 g/mol. The van der Waals surface area contributed by atoms with Crippen molar-refractivity contribution in [2.24, 2.45) is 5.92 Å². The summed E-state index contributed by atoms with van der Waals surface area (Å²) in [5.41, 5.74) is 1.48. The molecule has 0 saturated carbocycles. The van der Waals surface area contributed by atoms with Gasteiger partial charge in [0.25, 0.3) is 0 Å². The summed E-state index contributed by atoms with van der Waals surface area (Å²) in [5.74, 6) is 3.62. The molecule has 2 rings (SSSR count). The Morgan fingerprint density at radius 2 is 1.93 bits per heavy atom. The summed E-state index contributed by atoms with van der Waals surface area (Å²) in [6, 6.07) is 8.61. The summed E-state index contributed by atoms with van der Waals surface area (Å²) in [6.07, 6.45) is 4.04. The van der Waals surface area contributed by atoms with E-state index < -0.39 is 0 Å². The Hall–Kier alpha value is 0.0500. The first-order chi connectivity index (χ1) is 6.86. The van der Waals surface area contributed by atoms with Crippen molar-refractivity contribution in [3.63, 3.8) is 0 Å². The molecule has 0 N–H and O–H groups in total. The van der Waals surface area contributed by atoms with E-state index in [1.165, 1.54) is 40.8 Å². The fourth-order valence-electron chi connectivity index (χ4n) is 1.93. The minimum absolute atomic E-state index is 0.912. The molecule has 0 aliphatic carbocycles. The van der Waals surface area contributed by atoms with Crippen molar-refractivity contribution in [2.45, 2.75) is 19.3 Å². The Kier molecular flexibility index (Phi) is 3.94. The summed E-state index contributed by atoms with van der Waals surface area (Å²) < 4.78 is 1.28. The third-order valence-electron chi connectivity index (χ3n) is 2.81. The Labute approximate surface area is 98.6 Å². The van der Waals surface area contributed by atoms with Crippen molar-refractivity contribution < 1.29 is 0 Å². The molecule has 1 aromatic carbocycles. The highest BCUT2D eigenvalue weighted by Crippen LogP contribution is 2.28. The predicted octanol–water partition coefficient (Wildman–Crippen LogP) is 4.13. The van der Waals surface area contributed by atoms with E-state index in [1.54, 1.807) is 0 Å². The maximum atomic E-state index is 3.62. The first-order valence-electron chi connectivity index (χ1n) is 5.17. The largest absolute Gasteiger partial charge is 0.162 e. The summed E-state index contributed by atoms with van der Waals surface area (Å²) in [5, 5.41) is 0. The van der Waals surface area contributed by atoms with Crippen LogP contribution in [0.1, 0.15) is 18.4 Å². The van der Waals surface area contributed by atoms with Crippen LogP contribution in [-0.4, -0.2) is 11.5 Å². The first-order valence-corrected chi connectivity index (χ1v) is 7.12. The van der Waals surface area contributed by atoms with Crippen molar-refractivity contribution in [1.29, 1.82) is 0 Å². The summed E-state index contributed by atoms with van der Waals surface area (Å²) in [4.78, 5) is 0. The number of thioether (sulfide) groups is 1. The maximum Gasteiger partial charge on any atom is 0.0207 e. The molecule has 0 atom stereocenters. The molecule has 2 heteroatoms. The number of hydrogen-bond donors (Lipinski definition) is 0. The van der Waals surface area contributed by atoms with Crippen molar-refractivity contribution in [1.82, 2.24) is 0 Å². The van der Waals surface area contributed by atoms with E-state index in [2.05, 4.69) is 52.0 Å². The van der Waals surface area contributed by atoms with Gasteiger partial charge in [-0.15, -0.1) is 0 Å². The molecule has 1 saturated heterocycles. The Bertz CT molecular complexity index is 292. The maximum absolute atomic E-state index is 3.62. The average Bonchev–Trinajstić information content (AvgIpc) is 2.23. The molecule has 0 nitrogen and oxygen atoms in total. The number of hydrogen-bond acceptors (Lipinski definition) is 1. The minimum atomic E-state index is 0.912. The summed E-state index contributed by atoms with van der Waals surface area (Å²) in [6.45, 7) is 0. The van der Waals surface area contributed by atoms with Crippen molar-refractivity contribution in [3.8, 4) is 0 Å². The van der Waals surface area contributed by atoms with Crippen molar-refractivity contribution in [2.75, 3.05) is 11.5 Å². The van der Waals surface area contributed by atoms with Crippen LogP contribution >= 0.6 is 27.7 Å². The molecule has 0 radical (unpaired) electrons. The van der Waals surface area contributed by atoms with Crippen LogP contribution in [0.4, 0.5) is 0 Å². The molecule has 0 unspecified atom stereocenters. The van der Waals surface area contributed by atoms with E-state index in [0.29, 0.717) is 0 Å². The molecular weight excluding hydrogens is 256 g/mol. The molecule has 1 heterocycles. The zero-order valence-corrected chi connectivity index (χ0v) is 10.6. The van der Waals surface area contributed by atoms with Gasteiger partial charge in [-0.25, -0.2) is 0 Å². The SMILES string of the molecule is Brc1ccccc1CC1CCSCC1. The van der Waals surface area contributed by atoms with Gasteiger partial charge >= 0.3 is 0 Å². The molecule has 0 aromatic heterocycles. The highest BCUT2D eigenvalue weighted by molar-refractivity contribution is 9.10. The Morgan fingerprint density at radius 1 is 1.21 bits per heavy atom. The number of halogens is 1. The van der Waals surface area contributed by atoms with Crippen LogP contribution in [0.2, 0.25) is 0 Å². The van der Waals surface area contributed by atoms with Gasteiger partial charge in [0.2, 0.25) is 0 Å². The van der Waals surface area contributed by atoms with Crippen LogP contribution in [-0.2, 0) is 6.42 Å². The van der Waals surface area contributed by atoms with Gasteiger partial charge in [0.1, 0.15) is 0 Å². The molecule has 1 aliphatic rings. The molecule has 0 bridgehead atoms. The third kappa shape index (κ3) is 2.77. The van der Waals surface area contributed by atoms with Gasteiger partial charge in [0.05, 0.1) is 0 Å². The van der Waals surface area contributed by atoms with Gasteiger partial charge in [-0.2, -0.15) is 11.8 Å². The summed E-state index contributed by atoms with van der Waals surface area (Å²) in [7, 11) is 0. The first kappa shape index (κ1) is 10.6. The topological polar surface area (TPSA) is 0 Å².